The molecular formula is C14H20ClNO5S. The molecule has 0 spiro atoms. The van der Waals surface area contributed by atoms with Crippen LogP contribution < -0.4 is 9.46 Å². The fourth-order valence-corrected chi connectivity index (χ4v) is 3.85. The molecule has 0 radical (unpaired) electrons. The second kappa shape index (κ2) is 7.14. The summed E-state index contributed by atoms with van der Waals surface area (Å²) in [5.74, 6) is 0.414. The van der Waals surface area contributed by atoms with Gasteiger partial charge in [-0.05, 0) is 31.0 Å². The van der Waals surface area contributed by atoms with E-state index in [9.17, 15) is 13.5 Å². The number of aliphatic hydroxyl groups is 1. The van der Waals surface area contributed by atoms with E-state index < -0.39 is 15.4 Å². The summed E-state index contributed by atoms with van der Waals surface area (Å²) in [5, 5.41) is 9.82. The first-order valence-corrected chi connectivity index (χ1v) is 8.80. The Morgan fingerprint density at radius 1 is 1.41 bits per heavy atom. The van der Waals surface area contributed by atoms with Crippen molar-refractivity contribution in [1.82, 2.24) is 4.72 Å². The van der Waals surface area contributed by atoms with Crippen molar-refractivity contribution in [2.45, 2.75) is 17.7 Å². The molecule has 0 aliphatic carbocycles. The van der Waals surface area contributed by atoms with Crippen LogP contribution in [0.4, 0.5) is 0 Å². The van der Waals surface area contributed by atoms with Crippen LogP contribution in [0.15, 0.2) is 23.1 Å². The summed E-state index contributed by atoms with van der Waals surface area (Å²) in [6.07, 6.45) is 1.24. The zero-order valence-corrected chi connectivity index (χ0v) is 13.9. The van der Waals surface area contributed by atoms with E-state index in [-0.39, 0.29) is 23.1 Å². The van der Waals surface area contributed by atoms with Crippen LogP contribution in [-0.4, -0.2) is 47.0 Å². The molecule has 1 fully saturated rings. The van der Waals surface area contributed by atoms with E-state index in [1.165, 1.54) is 25.3 Å². The zero-order chi connectivity index (χ0) is 16.2. The van der Waals surface area contributed by atoms with Crippen molar-refractivity contribution in [2.24, 2.45) is 5.41 Å². The number of ether oxygens (including phenoxy) is 2. The van der Waals surface area contributed by atoms with Gasteiger partial charge in [-0.1, -0.05) is 11.6 Å². The number of halogens is 1. The molecule has 0 unspecified atom stereocenters. The molecule has 1 heterocycles. The molecule has 1 aliphatic rings. The first-order chi connectivity index (χ1) is 10.4. The van der Waals surface area contributed by atoms with Crippen molar-refractivity contribution < 1.29 is 23.0 Å². The van der Waals surface area contributed by atoms with Crippen LogP contribution in [0.1, 0.15) is 12.8 Å². The van der Waals surface area contributed by atoms with Gasteiger partial charge in [-0.3, -0.25) is 0 Å². The Hall–Kier alpha value is -0.860. The van der Waals surface area contributed by atoms with Crippen LogP contribution in [0.2, 0.25) is 5.02 Å². The van der Waals surface area contributed by atoms with Crippen LogP contribution in [0.5, 0.6) is 5.75 Å². The van der Waals surface area contributed by atoms with Gasteiger partial charge < -0.3 is 14.6 Å². The van der Waals surface area contributed by atoms with E-state index in [2.05, 4.69) is 4.72 Å². The van der Waals surface area contributed by atoms with Gasteiger partial charge in [-0.15, -0.1) is 0 Å². The Labute approximate surface area is 135 Å². The van der Waals surface area contributed by atoms with E-state index in [1.807, 2.05) is 0 Å². The Balaban J connectivity index is 2.12. The van der Waals surface area contributed by atoms with Gasteiger partial charge in [0, 0.05) is 25.2 Å². The molecule has 22 heavy (non-hydrogen) atoms. The van der Waals surface area contributed by atoms with Gasteiger partial charge in [0.1, 0.15) is 5.75 Å². The third kappa shape index (κ3) is 3.91. The van der Waals surface area contributed by atoms with E-state index in [4.69, 9.17) is 21.1 Å². The molecule has 6 nitrogen and oxygen atoms in total. The summed E-state index contributed by atoms with van der Waals surface area (Å²) < 4.78 is 37.6. The van der Waals surface area contributed by atoms with Crippen LogP contribution >= 0.6 is 11.6 Å². The maximum absolute atomic E-state index is 12.4. The van der Waals surface area contributed by atoms with Crippen LogP contribution in [-0.2, 0) is 14.8 Å². The number of methoxy groups -OCH3 is 1. The molecule has 2 N–H and O–H groups in total. The minimum absolute atomic E-state index is 0.0680. The van der Waals surface area contributed by atoms with Gasteiger partial charge in [-0.25, -0.2) is 13.1 Å². The van der Waals surface area contributed by atoms with Crippen molar-refractivity contribution in [1.29, 1.82) is 0 Å². The van der Waals surface area contributed by atoms with Crippen LogP contribution in [0.25, 0.3) is 0 Å². The van der Waals surface area contributed by atoms with E-state index >= 15 is 0 Å². The van der Waals surface area contributed by atoms with E-state index in [0.29, 0.717) is 31.8 Å². The first kappa shape index (κ1) is 17.5. The molecule has 1 aromatic rings. The molecule has 0 saturated carbocycles. The molecule has 1 aromatic carbocycles. The average Bonchev–Trinajstić information content (AvgIpc) is 2.54. The predicted octanol–water partition coefficient (Wildman–Crippen LogP) is 1.42. The topological polar surface area (TPSA) is 84.9 Å². The summed E-state index contributed by atoms with van der Waals surface area (Å²) >= 11 is 5.97. The third-order valence-corrected chi connectivity index (χ3v) is 5.65. The average molecular weight is 350 g/mol. The fourth-order valence-electron chi connectivity index (χ4n) is 2.34. The Morgan fingerprint density at radius 2 is 2.09 bits per heavy atom. The molecule has 1 aliphatic heterocycles. The molecule has 0 atom stereocenters. The third-order valence-electron chi connectivity index (χ3n) is 3.96. The molecule has 124 valence electrons. The summed E-state index contributed by atoms with van der Waals surface area (Å²) in [4.78, 5) is 0.0680. The molecule has 8 heteroatoms. The highest BCUT2D eigenvalue weighted by atomic mass is 35.5. The fraction of sp³-hybridized carbons (Fsp3) is 0.571. The monoisotopic (exact) mass is 349 g/mol. The van der Waals surface area contributed by atoms with Gasteiger partial charge in [0.15, 0.2) is 0 Å². The lowest BCUT2D eigenvalue weighted by Crippen LogP contribution is -2.43. The van der Waals surface area contributed by atoms with Crippen molar-refractivity contribution in [3.8, 4) is 5.75 Å². The Bertz CT molecular complexity index is 614. The highest BCUT2D eigenvalue weighted by Crippen LogP contribution is 2.30. The zero-order valence-electron chi connectivity index (χ0n) is 12.3. The maximum Gasteiger partial charge on any atom is 0.240 e. The van der Waals surface area contributed by atoms with Gasteiger partial charge in [0.2, 0.25) is 10.0 Å². The second-order valence-corrected chi connectivity index (χ2v) is 7.57. The van der Waals surface area contributed by atoms with Gasteiger partial charge in [0.05, 0.1) is 23.6 Å². The van der Waals surface area contributed by atoms with Gasteiger partial charge in [-0.2, -0.15) is 0 Å². The highest BCUT2D eigenvalue weighted by Gasteiger charge is 2.33. The summed E-state index contributed by atoms with van der Waals surface area (Å²) in [6, 6.07) is 4.29. The standard InChI is InChI=1S/C14H20ClNO5S/c1-20-13-3-2-11(8-12(13)15)22(18,19)16-9-14(10-17)4-6-21-7-5-14/h2-3,8,16-17H,4-7,9-10H2,1H3. The molecule has 0 amide bonds. The van der Waals surface area contributed by atoms with Crippen molar-refractivity contribution in [3.63, 3.8) is 0 Å². The summed E-state index contributed by atoms with van der Waals surface area (Å²) in [6.45, 7) is 1.13. The van der Waals surface area contributed by atoms with E-state index in [0.717, 1.165) is 0 Å². The maximum atomic E-state index is 12.4. The lowest BCUT2D eigenvalue weighted by Gasteiger charge is -2.35. The molecule has 2 rings (SSSR count). The number of sulfonamides is 1. The SMILES string of the molecule is COc1ccc(S(=O)(=O)NCC2(CO)CCOCC2)cc1Cl. The predicted molar refractivity (Wildman–Crippen MR) is 82.8 cm³/mol. The number of nitrogens with one attached hydrogen (secondary N) is 1. The number of rotatable bonds is 6. The largest absolute Gasteiger partial charge is 0.495 e. The van der Waals surface area contributed by atoms with Crippen molar-refractivity contribution >= 4 is 21.6 Å². The second-order valence-electron chi connectivity index (χ2n) is 5.39. The van der Waals surface area contributed by atoms with Crippen LogP contribution in [0.3, 0.4) is 0 Å². The van der Waals surface area contributed by atoms with Gasteiger partial charge >= 0.3 is 0 Å². The molecule has 1 saturated heterocycles. The molecule has 0 bridgehead atoms. The molecule has 0 aromatic heterocycles. The highest BCUT2D eigenvalue weighted by molar-refractivity contribution is 7.89. The van der Waals surface area contributed by atoms with Gasteiger partial charge in [0.25, 0.3) is 0 Å². The van der Waals surface area contributed by atoms with E-state index in [1.54, 1.807) is 0 Å². The number of benzene rings is 1. The summed E-state index contributed by atoms with van der Waals surface area (Å²) in [5.41, 5.74) is -0.471. The number of hydrogen-bond acceptors (Lipinski definition) is 5. The van der Waals surface area contributed by atoms with Crippen molar-refractivity contribution in [2.75, 3.05) is 33.5 Å². The number of hydrogen-bond donors (Lipinski definition) is 2. The number of aliphatic hydroxyl groups excluding tert-OH is 1. The molecular weight excluding hydrogens is 330 g/mol. The lowest BCUT2D eigenvalue weighted by atomic mass is 9.81. The quantitative estimate of drug-likeness (QED) is 0.811. The first-order valence-electron chi connectivity index (χ1n) is 6.94. The van der Waals surface area contributed by atoms with Crippen LogP contribution in [0, 0.1) is 5.41 Å². The normalized spacial score (nSPS) is 18.1. The van der Waals surface area contributed by atoms with Crippen molar-refractivity contribution in [3.05, 3.63) is 23.2 Å². The lowest BCUT2D eigenvalue weighted by molar-refractivity contribution is -0.0126. The Morgan fingerprint density at radius 3 is 2.64 bits per heavy atom. The minimum Gasteiger partial charge on any atom is -0.495 e. The minimum atomic E-state index is -3.70. The summed E-state index contributed by atoms with van der Waals surface area (Å²) in [7, 11) is -2.24. The smallest absolute Gasteiger partial charge is 0.240 e. The Kier molecular flexibility index (Phi) is 5.68.